The molecule has 0 bridgehead atoms. The molecule has 0 aliphatic rings. The van der Waals surface area contributed by atoms with Gasteiger partial charge in [0.1, 0.15) is 5.15 Å². The zero-order valence-electron chi connectivity index (χ0n) is 12.3. The largest absolute Gasteiger partial charge is 0.350 e. The van der Waals surface area contributed by atoms with Gasteiger partial charge in [0.25, 0.3) is 0 Å². The number of hydrogen-bond donors (Lipinski definition) is 1. The summed E-state index contributed by atoms with van der Waals surface area (Å²) in [5.74, 6) is -0.145. The Labute approximate surface area is 129 Å². The summed E-state index contributed by atoms with van der Waals surface area (Å²) in [6, 6.07) is 9.74. The van der Waals surface area contributed by atoms with E-state index in [2.05, 4.69) is 10.4 Å². The lowest BCUT2D eigenvalue weighted by Crippen LogP contribution is -2.28. The van der Waals surface area contributed by atoms with Crippen LogP contribution in [0.5, 0.6) is 0 Å². The summed E-state index contributed by atoms with van der Waals surface area (Å²) < 4.78 is 1.66. The molecule has 0 aliphatic carbocycles. The molecule has 1 aromatic carbocycles. The van der Waals surface area contributed by atoms with Gasteiger partial charge in [-0.25, -0.2) is 4.68 Å². The lowest BCUT2D eigenvalue weighted by molar-refractivity contribution is -0.116. The average molecular weight is 304 g/mol. The standard InChI is InChI=1S/C16H18ClN3O/c1-11(2)18-15(21)10-9-14-12(3)19-20(16(14)17)13-7-5-4-6-8-13/h4-11H,1-3H3,(H,18,21)/b10-9+. The van der Waals surface area contributed by atoms with E-state index in [9.17, 15) is 4.79 Å². The fourth-order valence-electron chi connectivity index (χ4n) is 1.93. The van der Waals surface area contributed by atoms with Gasteiger partial charge in [0.05, 0.1) is 11.4 Å². The second-order valence-corrected chi connectivity index (χ2v) is 5.39. The molecule has 4 nitrogen and oxygen atoms in total. The molecule has 21 heavy (non-hydrogen) atoms. The maximum atomic E-state index is 11.7. The molecule has 110 valence electrons. The third-order valence-electron chi connectivity index (χ3n) is 2.88. The van der Waals surface area contributed by atoms with Crippen LogP contribution in [0.1, 0.15) is 25.1 Å². The molecule has 0 radical (unpaired) electrons. The number of amides is 1. The average Bonchev–Trinajstić information content (AvgIpc) is 2.72. The number of carbonyl (C=O) groups excluding carboxylic acids is 1. The fourth-order valence-corrected chi connectivity index (χ4v) is 2.27. The number of nitrogens with zero attached hydrogens (tertiary/aromatic N) is 2. The smallest absolute Gasteiger partial charge is 0.244 e. The summed E-state index contributed by atoms with van der Waals surface area (Å²) >= 11 is 6.37. The first-order chi connectivity index (χ1) is 9.99. The van der Waals surface area contributed by atoms with E-state index in [1.807, 2.05) is 51.1 Å². The van der Waals surface area contributed by atoms with E-state index in [-0.39, 0.29) is 11.9 Å². The van der Waals surface area contributed by atoms with E-state index in [4.69, 9.17) is 11.6 Å². The van der Waals surface area contributed by atoms with Crippen LogP contribution in [-0.4, -0.2) is 21.7 Å². The van der Waals surface area contributed by atoms with Crippen LogP contribution in [0.3, 0.4) is 0 Å². The molecule has 1 amide bonds. The summed E-state index contributed by atoms with van der Waals surface area (Å²) in [6.07, 6.45) is 3.17. The van der Waals surface area contributed by atoms with Crippen molar-refractivity contribution in [3.63, 3.8) is 0 Å². The molecule has 0 saturated carbocycles. The minimum absolute atomic E-state index is 0.103. The Bertz CT molecular complexity index is 660. The highest BCUT2D eigenvalue weighted by atomic mass is 35.5. The van der Waals surface area contributed by atoms with Crippen molar-refractivity contribution < 1.29 is 4.79 Å². The van der Waals surface area contributed by atoms with Gasteiger partial charge in [-0.05, 0) is 39.0 Å². The van der Waals surface area contributed by atoms with Gasteiger partial charge in [0, 0.05) is 17.7 Å². The second kappa shape index (κ2) is 6.59. The molecule has 0 saturated heterocycles. The Kier molecular flexibility index (Phi) is 4.81. The third-order valence-corrected chi connectivity index (χ3v) is 3.24. The number of nitrogens with one attached hydrogen (secondary N) is 1. The van der Waals surface area contributed by atoms with Crippen molar-refractivity contribution in [2.24, 2.45) is 0 Å². The van der Waals surface area contributed by atoms with Crippen molar-refractivity contribution in [3.8, 4) is 5.69 Å². The van der Waals surface area contributed by atoms with Crippen LogP contribution in [0.2, 0.25) is 5.15 Å². The Hall–Kier alpha value is -2.07. The van der Waals surface area contributed by atoms with Gasteiger partial charge >= 0.3 is 0 Å². The Morgan fingerprint density at radius 3 is 2.62 bits per heavy atom. The van der Waals surface area contributed by atoms with Crippen molar-refractivity contribution in [1.82, 2.24) is 15.1 Å². The number of halogens is 1. The first-order valence-corrected chi connectivity index (χ1v) is 7.16. The van der Waals surface area contributed by atoms with E-state index in [1.165, 1.54) is 6.08 Å². The van der Waals surface area contributed by atoms with Gasteiger partial charge in [-0.1, -0.05) is 29.8 Å². The van der Waals surface area contributed by atoms with Crippen LogP contribution in [-0.2, 0) is 4.79 Å². The number of rotatable bonds is 4. The van der Waals surface area contributed by atoms with E-state index in [0.717, 1.165) is 16.9 Å². The predicted molar refractivity (Wildman–Crippen MR) is 85.6 cm³/mol. The number of hydrogen-bond acceptors (Lipinski definition) is 2. The van der Waals surface area contributed by atoms with Crippen LogP contribution in [0.15, 0.2) is 36.4 Å². The van der Waals surface area contributed by atoms with E-state index >= 15 is 0 Å². The summed E-state index contributed by atoms with van der Waals surface area (Å²) in [5.41, 5.74) is 2.41. The summed E-state index contributed by atoms with van der Waals surface area (Å²) in [7, 11) is 0. The quantitative estimate of drug-likeness (QED) is 0.880. The van der Waals surface area contributed by atoms with Crippen molar-refractivity contribution >= 4 is 23.6 Å². The van der Waals surface area contributed by atoms with Gasteiger partial charge in [-0.15, -0.1) is 0 Å². The van der Waals surface area contributed by atoms with Gasteiger partial charge in [-0.2, -0.15) is 5.10 Å². The lowest BCUT2D eigenvalue weighted by Gasteiger charge is -2.04. The molecule has 1 heterocycles. The lowest BCUT2D eigenvalue weighted by atomic mass is 10.2. The molecule has 0 aliphatic heterocycles. The minimum Gasteiger partial charge on any atom is -0.350 e. The Morgan fingerprint density at radius 2 is 2.00 bits per heavy atom. The zero-order chi connectivity index (χ0) is 15.4. The maximum absolute atomic E-state index is 11.7. The fraction of sp³-hybridized carbons (Fsp3) is 0.250. The summed E-state index contributed by atoms with van der Waals surface area (Å²) in [6.45, 7) is 5.69. The van der Waals surface area contributed by atoms with Crippen molar-refractivity contribution in [2.75, 3.05) is 0 Å². The predicted octanol–water partition coefficient (Wildman–Crippen LogP) is 3.37. The van der Waals surface area contributed by atoms with Crippen LogP contribution in [0.4, 0.5) is 0 Å². The monoisotopic (exact) mass is 303 g/mol. The molecule has 0 spiro atoms. The SMILES string of the molecule is Cc1nn(-c2ccccc2)c(Cl)c1/C=C/C(=O)NC(C)C. The molecule has 2 rings (SSSR count). The minimum atomic E-state index is -0.145. The molecule has 1 N–H and O–H groups in total. The van der Waals surface area contributed by atoms with Crippen LogP contribution in [0.25, 0.3) is 11.8 Å². The molecular formula is C16H18ClN3O. The highest BCUT2D eigenvalue weighted by Gasteiger charge is 2.12. The van der Waals surface area contributed by atoms with Gasteiger partial charge in [0.15, 0.2) is 0 Å². The third kappa shape index (κ3) is 3.73. The first-order valence-electron chi connectivity index (χ1n) is 6.78. The summed E-state index contributed by atoms with van der Waals surface area (Å²) in [5, 5.41) is 7.71. The zero-order valence-corrected chi connectivity index (χ0v) is 13.1. The van der Waals surface area contributed by atoms with Crippen LogP contribution < -0.4 is 5.32 Å². The topological polar surface area (TPSA) is 46.9 Å². The molecule has 2 aromatic rings. The van der Waals surface area contributed by atoms with Crippen LogP contribution >= 0.6 is 11.6 Å². The van der Waals surface area contributed by atoms with Crippen LogP contribution in [0, 0.1) is 6.92 Å². The highest BCUT2D eigenvalue weighted by Crippen LogP contribution is 2.24. The van der Waals surface area contributed by atoms with Gasteiger partial charge < -0.3 is 5.32 Å². The molecule has 0 atom stereocenters. The molecule has 5 heteroatoms. The second-order valence-electron chi connectivity index (χ2n) is 5.03. The maximum Gasteiger partial charge on any atom is 0.244 e. The Balaban J connectivity index is 2.28. The first kappa shape index (κ1) is 15.3. The summed E-state index contributed by atoms with van der Waals surface area (Å²) in [4.78, 5) is 11.7. The van der Waals surface area contributed by atoms with Gasteiger partial charge in [0.2, 0.25) is 5.91 Å². The molecule has 0 fully saturated rings. The van der Waals surface area contributed by atoms with E-state index in [0.29, 0.717) is 5.15 Å². The Morgan fingerprint density at radius 1 is 1.33 bits per heavy atom. The number of aryl methyl sites for hydroxylation is 1. The normalized spacial score (nSPS) is 11.3. The van der Waals surface area contributed by atoms with E-state index < -0.39 is 0 Å². The number of carbonyl (C=O) groups is 1. The molecular weight excluding hydrogens is 286 g/mol. The molecule has 1 aromatic heterocycles. The number of benzene rings is 1. The number of aromatic nitrogens is 2. The van der Waals surface area contributed by atoms with Crippen molar-refractivity contribution in [3.05, 3.63) is 52.8 Å². The van der Waals surface area contributed by atoms with E-state index in [1.54, 1.807) is 10.8 Å². The van der Waals surface area contributed by atoms with Crippen molar-refractivity contribution in [2.45, 2.75) is 26.8 Å². The van der Waals surface area contributed by atoms with Crippen molar-refractivity contribution in [1.29, 1.82) is 0 Å². The highest BCUT2D eigenvalue weighted by molar-refractivity contribution is 6.31. The number of para-hydroxylation sites is 1. The van der Waals surface area contributed by atoms with Gasteiger partial charge in [-0.3, -0.25) is 4.79 Å². The molecule has 0 unspecified atom stereocenters.